The molecule has 1 unspecified atom stereocenters. The van der Waals surface area contributed by atoms with Crippen LogP contribution in [0.15, 0.2) is 24.3 Å². The summed E-state index contributed by atoms with van der Waals surface area (Å²) in [5.41, 5.74) is 6.91. The molecule has 0 amide bonds. The van der Waals surface area contributed by atoms with Crippen molar-refractivity contribution in [2.75, 3.05) is 20.3 Å². The largest absolute Gasteiger partial charge is 0.497 e. The minimum atomic E-state index is -0.0271. The summed E-state index contributed by atoms with van der Waals surface area (Å²) in [5.74, 6) is 0.851. The summed E-state index contributed by atoms with van der Waals surface area (Å²) in [6.45, 7) is 3.53. The van der Waals surface area contributed by atoms with E-state index < -0.39 is 0 Å². The second-order valence-corrected chi connectivity index (χ2v) is 5.14. The van der Waals surface area contributed by atoms with Crippen LogP contribution in [-0.4, -0.2) is 20.3 Å². The zero-order valence-corrected chi connectivity index (χ0v) is 12.9. The van der Waals surface area contributed by atoms with Crippen LogP contribution in [0.3, 0.4) is 0 Å². The molecule has 1 aromatic carbocycles. The van der Waals surface area contributed by atoms with Crippen LogP contribution in [0.5, 0.6) is 5.75 Å². The molecule has 0 heterocycles. The van der Waals surface area contributed by atoms with Crippen LogP contribution in [0.4, 0.5) is 0 Å². The topological polar surface area (TPSA) is 44.5 Å². The molecule has 1 aromatic rings. The number of hydrogen-bond donors (Lipinski definition) is 1. The standard InChI is InChI=1S/C17H29NO2/c1-3-4-5-6-7-8-12-20-17(14-18)15-10-9-11-16(13-15)19-2/h9-11,13,17H,3-8,12,14,18H2,1-2H3. The Morgan fingerprint density at radius 3 is 2.55 bits per heavy atom. The molecule has 0 aromatic heterocycles. The summed E-state index contributed by atoms with van der Waals surface area (Å²) in [5, 5.41) is 0. The first-order valence-electron chi connectivity index (χ1n) is 7.77. The molecule has 20 heavy (non-hydrogen) atoms. The van der Waals surface area contributed by atoms with Crippen molar-refractivity contribution in [3.05, 3.63) is 29.8 Å². The van der Waals surface area contributed by atoms with Gasteiger partial charge in [-0.1, -0.05) is 51.2 Å². The summed E-state index contributed by atoms with van der Waals surface area (Å²) in [4.78, 5) is 0. The van der Waals surface area contributed by atoms with Gasteiger partial charge in [-0.3, -0.25) is 0 Å². The van der Waals surface area contributed by atoms with E-state index in [0.29, 0.717) is 6.54 Å². The third-order valence-electron chi connectivity index (χ3n) is 3.50. The Labute approximate surface area is 123 Å². The molecular formula is C17H29NO2. The normalized spacial score (nSPS) is 12.3. The minimum Gasteiger partial charge on any atom is -0.497 e. The lowest BCUT2D eigenvalue weighted by Gasteiger charge is -2.17. The molecule has 3 heteroatoms. The zero-order valence-electron chi connectivity index (χ0n) is 12.9. The SMILES string of the molecule is CCCCCCCCOC(CN)c1cccc(OC)c1. The molecule has 0 saturated heterocycles. The Morgan fingerprint density at radius 2 is 1.85 bits per heavy atom. The van der Waals surface area contributed by atoms with Gasteiger partial charge in [-0.2, -0.15) is 0 Å². The van der Waals surface area contributed by atoms with Crippen LogP contribution in [0.2, 0.25) is 0 Å². The molecule has 0 fully saturated rings. The van der Waals surface area contributed by atoms with Gasteiger partial charge in [-0.05, 0) is 24.1 Å². The number of unbranched alkanes of at least 4 members (excludes halogenated alkanes) is 5. The lowest BCUT2D eigenvalue weighted by molar-refractivity contribution is 0.0556. The predicted molar refractivity (Wildman–Crippen MR) is 84.1 cm³/mol. The van der Waals surface area contributed by atoms with E-state index in [1.165, 1.54) is 32.1 Å². The van der Waals surface area contributed by atoms with Crippen LogP contribution in [0.1, 0.15) is 57.1 Å². The maximum absolute atomic E-state index is 5.90. The number of methoxy groups -OCH3 is 1. The third kappa shape index (κ3) is 6.40. The Balaban J connectivity index is 2.28. The molecule has 0 aliphatic rings. The van der Waals surface area contributed by atoms with Crippen LogP contribution < -0.4 is 10.5 Å². The van der Waals surface area contributed by atoms with Crippen LogP contribution in [0.25, 0.3) is 0 Å². The molecule has 1 rings (SSSR count). The average Bonchev–Trinajstić information content (AvgIpc) is 2.50. The number of ether oxygens (including phenoxy) is 2. The van der Waals surface area contributed by atoms with Crippen LogP contribution in [0, 0.1) is 0 Å². The smallest absolute Gasteiger partial charge is 0.119 e. The highest BCUT2D eigenvalue weighted by Crippen LogP contribution is 2.21. The highest BCUT2D eigenvalue weighted by atomic mass is 16.5. The molecule has 0 saturated carbocycles. The lowest BCUT2D eigenvalue weighted by atomic mass is 10.1. The fourth-order valence-electron chi connectivity index (χ4n) is 2.25. The van der Waals surface area contributed by atoms with Gasteiger partial charge in [0.05, 0.1) is 13.2 Å². The van der Waals surface area contributed by atoms with Crippen molar-refractivity contribution in [2.24, 2.45) is 5.73 Å². The first-order valence-corrected chi connectivity index (χ1v) is 7.77. The van der Waals surface area contributed by atoms with Crippen LogP contribution in [-0.2, 0) is 4.74 Å². The second kappa shape index (κ2) is 10.7. The maximum Gasteiger partial charge on any atom is 0.119 e. The van der Waals surface area contributed by atoms with Gasteiger partial charge in [-0.25, -0.2) is 0 Å². The van der Waals surface area contributed by atoms with Gasteiger partial charge in [0, 0.05) is 13.2 Å². The van der Waals surface area contributed by atoms with E-state index in [9.17, 15) is 0 Å². The fourth-order valence-corrected chi connectivity index (χ4v) is 2.25. The molecule has 0 aliphatic carbocycles. The zero-order chi connectivity index (χ0) is 14.6. The van der Waals surface area contributed by atoms with Crippen molar-refractivity contribution in [1.82, 2.24) is 0 Å². The molecule has 0 aliphatic heterocycles. The summed E-state index contributed by atoms with van der Waals surface area (Å²) in [6, 6.07) is 7.95. The number of hydrogen-bond acceptors (Lipinski definition) is 3. The molecule has 1 atom stereocenters. The van der Waals surface area contributed by atoms with Crippen molar-refractivity contribution in [1.29, 1.82) is 0 Å². The Morgan fingerprint density at radius 1 is 1.10 bits per heavy atom. The van der Waals surface area contributed by atoms with Gasteiger partial charge in [0.25, 0.3) is 0 Å². The summed E-state index contributed by atoms with van der Waals surface area (Å²) < 4.78 is 11.1. The lowest BCUT2D eigenvalue weighted by Crippen LogP contribution is -2.16. The number of rotatable bonds is 11. The number of benzene rings is 1. The highest BCUT2D eigenvalue weighted by molar-refractivity contribution is 5.30. The van der Waals surface area contributed by atoms with E-state index in [-0.39, 0.29) is 6.10 Å². The second-order valence-electron chi connectivity index (χ2n) is 5.14. The monoisotopic (exact) mass is 279 g/mol. The molecule has 0 spiro atoms. The van der Waals surface area contributed by atoms with Crippen molar-refractivity contribution in [3.8, 4) is 5.75 Å². The number of nitrogens with two attached hydrogens (primary N) is 1. The fraction of sp³-hybridized carbons (Fsp3) is 0.647. The molecule has 3 nitrogen and oxygen atoms in total. The Kier molecular flexibility index (Phi) is 9.09. The summed E-state index contributed by atoms with van der Waals surface area (Å²) in [7, 11) is 1.67. The van der Waals surface area contributed by atoms with Gasteiger partial charge in [0.15, 0.2) is 0 Å². The minimum absolute atomic E-state index is 0.0271. The van der Waals surface area contributed by atoms with E-state index in [1.807, 2.05) is 24.3 Å². The van der Waals surface area contributed by atoms with Crippen molar-refractivity contribution in [2.45, 2.75) is 51.6 Å². The van der Waals surface area contributed by atoms with E-state index in [0.717, 1.165) is 24.3 Å². The van der Waals surface area contributed by atoms with Crippen molar-refractivity contribution >= 4 is 0 Å². The Bertz CT molecular complexity index is 355. The van der Waals surface area contributed by atoms with Crippen LogP contribution >= 0.6 is 0 Å². The maximum atomic E-state index is 5.90. The van der Waals surface area contributed by atoms with Gasteiger partial charge < -0.3 is 15.2 Å². The molecule has 0 radical (unpaired) electrons. The van der Waals surface area contributed by atoms with Crippen molar-refractivity contribution < 1.29 is 9.47 Å². The molecule has 2 N–H and O–H groups in total. The van der Waals surface area contributed by atoms with Gasteiger partial charge in [0.2, 0.25) is 0 Å². The third-order valence-corrected chi connectivity index (χ3v) is 3.50. The van der Waals surface area contributed by atoms with E-state index in [2.05, 4.69) is 6.92 Å². The first-order chi connectivity index (χ1) is 9.81. The molecule has 114 valence electrons. The van der Waals surface area contributed by atoms with E-state index in [4.69, 9.17) is 15.2 Å². The van der Waals surface area contributed by atoms with E-state index >= 15 is 0 Å². The molecular weight excluding hydrogens is 250 g/mol. The quantitative estimate of drug-likeness (QED) is 0.621. The first kappa shape index (κ1) is 17.0. The highest BCUT2D eigenvalue weighted by Gasteiger charge is 2.10. The average molecular weight is 279 g/mol. The molecule has 0 bridgehead atoms. The summed E-state index contributed by atoms with van der Waals surface area (Å²) in [6.07, 6.45) is 7.62. The van der Waals surface area contributed by atoms with Gasteiger partial charge >= 0.3 is 0 Å². The Hall–Kier alpha value is -1.06. The van der Waals surface area contributed by atoms with Gasteiger partial charge in [-0.15, -0.1) is 0 Å². The summed E-state index contributed by atoms with van der Waals surface area (Å²) >= 11 is 0. The van der Waals surface area contributed by atoms with Gasteiger partial charge in [0.1, 0.15) is 5.75 Å². The predicted octanol–water partition coefficient (Wildman–Crippen LogP) is 4.07. The van der Waals surface area contributed by atoms with Crippen molar-refractivity contribution in [3.63, 3.8) is 0 Å². The van der Waals surface area contributed by atoms with E-state index in [1.54, 1.807) is 7.11 Å².